The lowest BCUT2D eigenvalue weighted by Gasteiger charge is -2.05. The van der Waals surface area contributed by atoms with Gasteiger partial charge < -0.3 is 5.32 Å². The summed E-state index contributed by atoms with van der Waals surface area (Å²) in [5.74, 6) is 1.24. The molecule has 0 heterocycles. The van der Waals surface area contributed by atoms with E-state index in [-0.39, 0.29) is 11.7 Å². The van der Waals surface area contributed by atoms with Crippen LogP contribution in [0.15, 0.2) is 24.3 Å². The molecule has 0 fully saturated rings. The number of hydrogen-bond acceptors (Lipinski definition) is 3. The first kappa shape index (κ1) is 14.8. The summed E-state index contributed by atoms with van der Waals surface area (Å²) in [5, 5.41) is 2.84. The van der Waals surface area contributed by atoms with E-state index in [1.54, 1.807) is 6.92 Å². The minimum Gasteiger partial charge on any atom is -0.325 e. The topological polar surface area (TPSA) is 46.2 Å². The Balaban J connectivity index is 2.28. The van der Waals surface area contributed by atoms with Gasteiger partial charge in [0.05, 0.1) is 5.75 Å². The van der Waals surface area contributed by atoms with E-state index in [0.29, 0.717) is 17.9 Å². The molecule has 0 spiro atoms. The van der Waals surface area contributed by atoms with Crippen LogP contribution in [0.2, 0.25) is 0 Å². The molecular formula is C14H19NO2S. The van der Waals surface area contributed by atoms with Gasteiger partial charge in [-0.05, 0) is 31.0 Å². The van der Waals surface area contributed by atoms with Crippen LogP contribution >= 0.6 is 11.8 Å². The van der Waals surface area contributed by atoms with Gasteiger partial charge in [-0.15, -0.1) is 0 Å². The van der Waals surface area contributed by atoms with Crippen LogP contribution in [-0.4, -0.2) is 23.2 Å². The van der Waals surface area contributed by atoms with Crippen molar-refractivity contribution in [1.29, 1.82) is 0 Å². The normalized spacial score (nSPS) is 10.1. The van der Waals surface area contributed by atoms with Gasteiger partial charge >= 0.3 is 0 Å². The van der Waals surface area contributed by atoms with Gasteiger partial charge in [0.1, 0.15) is 5.78 Å². The summed E-state index contributed by atoms with van der Waals surface area (Å²) in [4.78, 5) is 22.3. The fraction of sp³-hybridized carbons (Fsp3) is 0.429. The first-order valence-corrected chi connectivity index (χ1v) is 7.23. The number of aryl methyl sites for hydroxylation is 1. The fourth-order valence-corrected chi connectivity index (χ4v) is 2.24. The molecule has 0 bridgehead atoms. The summed E-state index contributed by atoms with van der Waals surface area (Å²) in [7, 11) is 0. The van der Waals surface area contributed by atoms with E-state index in [1.165, 1.54) is 17.3 Å². The highest BCUT2D eigenvalue weighted by Crippen LogP contribution is 2.11. The van der Waals surface area contributed by atoms with Crippen molar-refractivity contribution in [3.05, 3.63) is 29.8 Å². The summed E-state index contributed by atoms with van der Waals surface area (Å²) in [6.45, 7) is 3.66. The Hall–Kier alpha value is -1.29. The van der Waals surface area contributed by atoms with E-state index in [9.17, 15) is 9.59 Å². The van der Waals surface area contributed by atoms with Crippen molar-refractivity contribution in [2.75, 3.05) is 16.8 Å². The number of benzene rings is 1. The maximum Gasteiger partial charge on any atom is 0.234 e. The molecule has 1 rings (SSSR count). The van der Waals surface area contributed by atoms with Gasteiger partial charge in [-0.2, -0.15) is 11.8 Å². The minimum atomic E-state index is -0.0206. The molecule has 4 heteroatoms. The van der Waals surface area contributed by atoms with Crippen LogP contribution in [0.4, 0.5) is 5.69 Å². The number of thioether (sulfide) groups is 1. The number of amides is 1. The molecule has 98 valence electrons. The van der Waals surface area contributed by atoms with Crippen molar-refractivity contribution in [3.63, 3.8) is 0 Å². The zero-order valence-corrected chi connectivity index (χ0v) is 11.7. The van der Waals surface area contributed by atoms with Gasteiger partial charge in [-0.25, -0.2) is 0 Å². The third-order valence-electron chi connectivity index (χ3n) is 2.48. The molecule has 0 radical (unpaired) electrons. The Bertz CT molecular complexity index is 401. The SMILES string of the molecule is CCc1ccc(NC(=O)CSCCC(C)=O)cc1. The molecule has 1 aromatic rings. The zero-order chi connectivity index (χ0) is 13.4. The number of anilines is 1. The van der Waals surface area contributed by atoms with E-state index < -0.39 is 0 Å². The lowest BCUT2D eigenvalue weighted by Crippen LogP contribution is -2.14. The van der Waals surface area contributed by atoms with Gasteiger partial charge in [-0.1, -0.05) is 19.1 Å². The summed E-state index contributed by atoms with van der Waals surface area (Å²) in [6.07, 6.45) is 1.53. The highest BCUT2D eigenvalue weighted by Gasteiger charge is 2.03. The van der Waals surface area contributed by atoms with Gasteiger partial charge in [-0.3, -0.25) is 9.59 Å². The molecule has 1 amide bonds. The Kier molecular flexibility index (Phi) is 6.50. The first-order chi connectivity index (χ1) is 8.61. The Labute approximate surface area is 112 Å². The van der Waals surface area contributed by atoms with Gasteiger partial charge in [0.15, 0.2) is 0 Å². The van der Waals surface area contributed by atoms with Crippen LogP contribution < -0.4 is 5.32 Å². The molecule has 3 nitrogen and oxygen atoms in total. The fourth-order valence-electron chi connectivity index (χ4n) is 1.40. The number of ketones is 1. The van der Waals surface area contributed by atoms with Gasteiger partial charge in [0.25, 0.3) is 0 Å². The molecule has 1 aromatic carbocycles. The maximum absolute atomic E-state index is 11.6. The minimum absolute atomic E-state index is 0.0206. The molecule has 18 heavy (non-hydrogen) atoms. The molecule has 0 aliphatic heterocycles. The Morgan fingerprint density at radius 3 is 2.44 bits per heavy atom. The summed E-state index contributed by atoms with van der Waals surface area (Å²) < 4.78 is 0. The standard InChI is InChI=1S/C14H19NO2S/c1-3-12-4-6-13(7-5-12)15-14(17)10-18-9-8-11(2)16/h4-7H,3,8-10H2,1-2H3,(H,15,17). The Morgan fingerprint density at radius 2 is 1.89 bits per heavy atom. The highest BCUT2D eigenvalue weighted by atomic mass is 32.2. The Morgan fingerprint density at radius 1 is 1.22 bits per heavy atom. The largest absolute Gasteiger partial charge is 0.325 e. The third-order valence-corrected chi connectivity index (χ3v) is 3.44. The first-order valence-electron chi connectivity index (χ1n) is 6.07. The number of carbonyl (C=O) groups excluding carboxylic acids is 2. The average Bonchev–Trinajstić information content (AvgIpc) is 2.35. The second-order valence-electron chi connectivity index (χ2n) is 4.10. The monoisotopic (exact) mass is 265 g/mol. The van der Waals surface area contributed by atoms with E-state index in [2.05, 4.69) is 12.2 Å². The summed E-state index contributed by atoms with van der Waals surface area (Å²) in [5.41, 5.74) is 2.08. The molecular weight excluding hydrogens is 246 g/mol. The van der Waals surface area contributed by atoms with E-state index in [1.807, 2.05) is 24.3 Å². The van der Waals surface area contributed by atoms with Crippen LogP contribution in [0.3, 0.4) is 0 Å². The quantitative estimate of drug-likeness (QED) is 0.771. The summed E-state index contributed by atoms with van der Waals surface area (Å²) in [6, 6.07) is 7.85. The zero-order valence-electron chi connectivity index (χ0n) is 10.9. The van der Waals surface area contributed by atoms with Gasteiger partial charge in [0, 0.05) is 17.9 Å². The van der Waals surface area contributed by atoms with E-state index in [4.69, 9.17) is 0 Å². The molecule has 0 saturated heterocycles. The van der Waals surface area contributed by atoms with Crippen molar-refractivity contribution >= 4 is 29.1 Å². The molecule has 0 atom stereocenters. The number of carbonyl (C=O) groups is 2. The second-order valence-corrected chi connectivity index (χ2v) is 5.21. The molecule has 0 unspecified atom stereocenters. The van der Waals surface area contributed by atoms with Crippen molar-refractivity contribution < 1.29 is 9.59 Å². The molecule has 0 aliphatic carbocycles. The highest BCUT2D eigenvalue weighted by molar-refractivity contribution is 7.99. The lowest BCUT2D eigenvalue weighted by atomic mass is 10.1. The molecule has 0 saturated carbocycles. The number of hydrogen-bond donors (Lipinski definition) is 1. The van der Waals surface area contributed by atoms with Crippen LogP contribution in [0.1, 0.15) is 25.8 Å². The molecule has 0 aromatic heterocycles. The summed E-state index contributed by atoms with van der Waals surface area (Å²) >= 11 is 1.48. The van der Waals surface area contributed by atoms with E-state index in [0.717, 1.165) is 12.1 Å². The number of Topliss-reactive ketones (excluding diaryl/α,β-unsaturated/α-hetero) is 1. The molecule has 1 N–H and O–H groups in total. The lowest BCUT2D eigenvalue weighted by molar-refractivity contribution is -0.116. The van der Waals surface area contributed by atoms with Gasteiger partial charge in [0.2, 0.25) is 5.91 Å². The van der Waals surface area contributed by atoms with Crippen LogP contribution in [-0.2, 0) is 16.0 Å². The van der Waals surface area contributed by atoms with Crippen molar-refractivity contribution in [1.82, 2.24) is 0 Å². The third kappa shape index (κ3) is 5.87. The second kappa shape index (κ2) is 7.93. The van der Waals surface area contributed by atoms with Crippen LogP contribution in [0, 0.1) is 0 Å². The molecule has 0 aliphatic rings. The number of rotatable bonds is 7. The predicted molar refractivity (Wildman–Crippen MR) is 77.1 cm³/mol. The average molecular weight is 265 g/mol. The van der Waals surface area contributed by atoms with Crippen molar-refractivity contribution in [2.24, 2.45) is 0 Å². The smallest absolute Gasteiger partial charge is 0.234 e. The predicted octanol–water partition coefficient (Wildman–Crippen LogP) is 2.90. The maximum atomic E-state index is 11.6. The van der Waals surface area contributed by atoms with Crippen molar-refractivity contribution in [3.8, 4) is 0 Å². The van der Waals surface area contributed by atoms with Crippen molar-refractivity contribution in [2.45, 2.75) is 26.7 Å². The number of nitrogens with one attached hydrogen (secondary N) is 1. The van der Waals surface area contributed by atoms with E-state index >= 15 is 0 Å². The van der Waals surface area contributed by atoms with Crippen LogP contribution in [0.5, 0.6) is 0 Å². The van der Waals surface area contributed by atoms with Crippen LogP contribution in [0.25, 0.3) is 0 Å².